The summed E-state index contributed by atoms with van der Waals surface area (Å²) in [7, 11) is 1.86. The van der Waals surface area contributed by atoms with E-state index in [9.17, 15) is 4.79 Å². The SMILES string of the molecule is CC1CCC(NC(=O)C(C)Sc2ncc(CO)n2C)CC1. The van der Waals surface area contributed by atoms with Crippen molar-refractivity contribution in [2.45, 2.75) is 62.6 Å². The lowest BCUT2D eigenvalue weighted by Crippen LogP contribution is -2.41. The van der Waals surface area contributed by atoms with Gasteiger partial charge in [0.2, 0.25) is 5.91 Å². The first-order valence-corrected chi connectivity index (χ1v) is 8.47. The summed E-state index contributed by atoms with van der Waals surface area (Å²) in [5.74, 6) is 0.863. The molecule has 0 spiro atoms. The third kappa shape index (κ3) is 4.23. The van der Waals surface area contributed by atoms with Gasteiger partial charge in [0, 0.05) is 13.1 Å². The molecule has 5 nitrogen and oxygen atoms in total. The van der Waals surface area contributed by atoms with Crippen molar-refractivity contribution in [3.8, 4) is 0 Å². The lowest BCUT2D eigenvalue weighted by Gasteiger charge is -2.27. The maximum atomic E-state index is 12.3. The molecule has 21 heavy (non-hydrogen) atoms. The van der Waals surface area contributed by atoms with Gasteiger partial charge in [-0.15, -0.1) is 0 Å². The van der Waals surface area contributed by atoms with Crippen LogP contribution in [0.5, 0.6) is 0 Å². The number of nitrogens with zero attached hydrogens (tertiary/aromatic N) is 2. The van der Waals surface area contributed by atoms with Crippen LogP contribution in [0.1, 0.15) is 45.2 Å². The molecule has 0 saturated heterocycles. The lowest BCUT2D eigenvalue weighted by molar-refractivity contribution is -0.121. The van der Waals surface area contributed by atoms with E-state index in [4.69, 9.17) is 5.11 Å². The third-order valence-electron chi connectivity index (χ3n) is 4.22. The average molecular weight is 311 g/mol. The number of amides is 1. The second-order valence-corrected chi connectivity index (χ2v) is 7.28. The van der Waals surface area contributed by atoms with Crippen LogP contribution in [0.4, 0.5) is 0 Å². The number of aromatic nitrogens is 2. The van der Waals surface area contributed by atoms with E-state index in [1.165, 1.54) is 24.6 Å². The molecular weight excluding hydrogens is 286 g/mol. The Morgan fingerprint density at radius 2 is 2.19 bits per heavy atom. The van der Waals surface area contributed by atoms with Crippen LogP contribution in [-0.4, -0.2) is 31.9 Å². The second kappa shape index (κ2) is 7.31. The maximum absolute atomic E-state index is 12.3. The fourth-order valence-electron chi connectivity index (χ4n) is 2.62. The van der Waals surface area contributed by atoms with E-state index >= 15 is 0 Å². The zero-order valence-corrected chi connectivity index (χ0v) is 13.8. The van der Waals surface area contributed by atoms with Crippen molar-refractivity contribution in [2.75, 3.05) is 0 Å². The van der Waals surface area contributed by atoms with E-state index in [1.807, 2.05) is 18.5 Å². The minimum absolute atomic E-state index is 0.0368. The van der Waals surface area contributed by atoms with Crippen molar-refractivity contribution in [1.82, 2.24) is 14.9 Å². The first-order valence-electron chi connectivity index (χ1n) is 7.59. The molecule has 1 aromatic heterocycles. The molecule has 2 N–H and O–H groups in total. The molecule has 1 fully saturated rings. The highest BCUT2D eigenvalue weighted by atomic mass is 32.2. The fourth-order valence-corrected chi connectivity index (χ4v) is 3.50. The summed E-state index contributed by atoms with van der Waals surface area (Å²) in [5, 5.41) is 12.9. The number of hydrogen-bond donors (Lipinski definition) is 2. The quantitative estimate of drug-likeness (QED) is 0.817. The van der Waals surface area contributed by atoms with Crippen LogP contribution in [0, 0.1) is 5.92 Å². The summed E-state index contributed by atoms with van der Waals surface area (Å²) in [6.07, 6.45) is 6.22. The van der Waals surface area contributed by atoms with Gasteiger partial charge in [0.15, 0.2) is 5.16 Å². The number of thioether (sulfide) groups is 1. The van der Waals surface area contributed by atoms with Gasteiger partial charge in [-0.05, 0) is 38.5 Å². The molecule has 1 heterocycles. The van der Waals surface area contributed by atoms with Crippen LogP contribution in [0.25, 0.3) is 0 Å². The topological polar surface area (TPSA) is 67.2 Å². The molecule has 1 aliphatic rings. The van der Waals surface area contributed by atoms with Gasteiger partial charge in [0.05, 0.1) is 23.7 Å². The fraction of sp³-hybridized carbons (Fsp3) is 0.733. The summed E-state index contributed by atoms with van der Waals surface area (Å²) in [4.78, 5) is 16.5. The number of rotatable bonds is 5. The van der Waals surface area contributed by atoms with Crippen LogP contribution < -0.4 is 5.32 Å². The van der Waals surface area contributed by atoms with Gasteiger partial charge < -0.3 is 15.0 Å². The summed E-state index contributed by atoms with van der Waals surface area (Å²) >= 11 is 1.43. The van der Waals surface area contributed by atoms with Gasteiger partial charge in [0.25, 0.3) is 0 Å². The van der Waals surface area contributed by atoms with Gasteiger partial charge in [-0.3, -0.25) is 4.79 Å². The Balaban J connectivity index is 1.86. The molecule has 1 unspecified atom stereocenters. The molecule has 0 radical (unpaired) electrons. The summed E-state index contributed by atoms with van der Waals surface area (Å²) in [6, 6.07) is 0.325. The molecule has 0 bridgehead atoms. The smallest absolute Gasteiger partial charge is 0.233 e. The van der Waals surface area contributed by atoms with Crippen molar-refractivity contribution < 1.29 is 9.90 Å². The van der Waals surface area contributed by atoms with Gasteiger partial charge in [0.1, 0.15) is 0 Å². The Labute approximate surface area is 130 Å². The molecule has 6 heteroatoms. The van der Waals surface area contributed by atoms with Crippen LogP contribution in [-0.2, 0) is 18.4 Å². The van der Waals surface area contributed by atoms with Crippen molar-refractivity contribution >= 4 is 17.7 Å². The predicted octanol–water partition coefficient (Wildman–Crippen LogP) is 2.09. The third-order valence-corrected chi connectivity index (χ3v) is 5.38. The second-order valence-electron chi connectivity index (χ2n) is 5.97. The summed E-state index contributed by atoms with van der Waals surface area (Å²) < 4.78 is 1.83. The molecule has 1 aliphatic carbocycles. The van der Waals surface area contributed by atoms with Gasteiger partial charge in [-0.25, -0.2) is 4.98 Å². The Hall–Kier alpha value is -1.01. The van der Waals surface area contributed by atoms with Crippen molar-refractivity contribution in [3.05, 3.63) is 11.9 Å². The number of aliphatic hydroxyl groups excluding tert-OH is 1. The first-order chi connectivity index (χ1) is 10.0. The molecule has 0 aromatic carbocycles. The normalized spacial score (nSPS) is 23.8. The van der Waals surface area contributed by atoms with E-state index in [0.29, 0.717) is 6.04 Å². The molecule has 2 rings (SSSR count). The Kier molecular flexibility index (Phi) is 5.70. The lowest BCUT2D eigenvalue weighted by atomic mass is 9.87. The van der Waals surface area contributed by atoms with E-state index in [-0.39, 0.29) is 17.8 Å². The van der Waals surface area contributed by atoms with E-state index in [2.05, 4.69) is 17.2 Å². The summed E-state index contributed by atoms with van der Waals surface area (Å²) in [6.45, 7) is 4.14. The largest absolute Gasteiger partial charge is 0.390 e. The highest BCUT2D eigenvalue weighted by molar-refractivity contribution is 8.00. The zero-order chi connectivity index (χ0) is 15.4. The highest BCUT2D eigenvalue weighted by Gasteiger charge is 2.23. The highest BCUT2D eigenvalue weighted by Crippen LogP contribution is 2.25. The number of hydrogen-bond acceptors (Lipinski definition) is 4. The van der Waals surface area contributed by atoms with Crippen LogP contribution in [0.3, 0.4) is 0 Å². The minimum atomic E-state index is -0.183. The van der Waals surface area contributed by atoms with Gasteiger partial charge in [-0.2, -0.15) is 0 Å². The van der Waals surface area contributed by atoms with E-state index in [0.717, 1.165) is 29.6 Å². The number of imidazole rings is 1. The minimum Gasteiger partial charge on any atom is -0.390 e. The standard InChI is InChI=1S/C15H25N3O2S/c1-10-4-6-12(7-5-10)17-14(20)11(2)21-15-16-8-13(9-19)18(15)3/h8,10-12,19H,4-7,9H2,1-3H3,(H,17,20). The predicted molar refractivity (Wildman–Crippen MR) is 84.0 cm³/mol. The van der Waals surface area contributed by atoms with Crippen LogP contribution in [0.15, 0.2) is 11.4 Å². The Morgan fingerprint density at radius 1 is 1.52 bits per heavy atom. The van der Waals surface area contributed by atoms with Crippen molar-refractivity contribution in [1.29, 1.82) is 0 Å². The average Bonchev–Trinajstić information content (AvgIpc) is 2.82. The maximum Gasteiger partial charge on any atom is 0.233 e. The number of carbonyl (C=O) groups excluding carboxylic acids is 1. The van der Waals surface area contributed by atoms with Gasteiger partial charge in [-0.1, -0.05) is 18.7 Å². The van der Waals surface area contributed by atoms with Crippen molar-refractivity contribution in [3.63, 3.8) is 0 Å². The molecule has 1 aromatic rings. The zero-order valence-electron chi connectivity index (χ0n) is 13.0. The van der Waals surface area contributed by atoms with Crippen LogP contribution in [0.2, 0.25) is 0 Å². The molecule has 0 aliphatic heterocycles. The summed E-state index contributed by atoms with van der Waals surface area (Å²) in [5.41, 5.74) is 0.756. The molecule has 1 atom stereocenters. The first kappa shape index (κ1) is 16.4. The van der Waals surface area contributed by atoms with Crippen LogP contribution >= 0.6 is 11.8 Å². The molecule has 1 amide bonds. The van der Waals surface area contributed by atoms with E-state index < -0.39 is 0 Å². The number of nitrogens with one attached hydrogen (secondary N) is 1. The number of carbonyl (C=O) groups is 1. The molecular formula is C15H25N3O2S. The van der Waals surface area contributed by atoms with Gasteiger partial charge >= 0.3 is 0 Å². The van der Waals surface area contributed by atoms with Crippen molar-refractivity contribution in [2.24, 2.45) is 13.0 Å². The van der Waals surface area contributed by atoms with E-state index in [1.54, 1.807) is 6.20 Å². The molecule has 1 saturated carbocycles. The Bertz CT molecular complexity index is 481. The number of aliphatic hydroxyl groups is 1. The Morgan fingerprint density at radius 3 is 2.76 bits per heavy atom. The molecule has 118 valence electrons. The monoisotopic (exact) mass is 311 g/mol.